The molecular formula is C13H19N5O. The van der Waals surface area contributed by atoms with Crippen molar-refractivity contribution in [1.82, 2.24) is 4.90 Å². The van der Waals surface area contributed by atoms with Crippen LogP contribution in [0.2, 0.25) is 0 Å². The summed E-state index contributed by atoms with van der Waals surface area (Å²) in [5.74, 6) is 1.40. The minimum atomic E-state index is -0.515. The van der Waals surface area contributed by atoms with Crippen LogP contribution in [0.3, 0.4) is 0 Å². The Kier molecular flexibility index (Phi) is 3.33. The molecule has 1 aromatic carbocycles. The van der Waals surface area contributed by atoms with Crippen LogP contribution in [0.1, 0.15) is 19.4 Å². The lowest BCUT2D eigenvalue weighted by atomic mass is 10.1. The number of benzene rings is 1. The van der Waals surface area contributed by atoms with Gasteiger partial charge in [-0.15, -0.1) is 0 Å². The fourth-order valence-electron chi connectivity index (χ4n) is 2.05. The molecule has 0 radical (unpaired) electrons. The van der Waals surface area contributed by atoms with Gasteiger partial charge in [-0.3, -0.25) is 0 Å². The maximum Gasteiger partial charge on any atom is 0.220 e. The Hall–Kier alpha value is -2.24. The maximum absolute atomic E-state index is 5.95. The van der Waals surface area contributed by atoms with E-state index in [0.29, 0.717) is 12.5 Å². The summed E-state index contributed by atoms with van der Waals surface area (Å²) in [6.45, 7) is 4.49. The van der Waals surface area contributed by atoms with Crippen LogP contribution in [0.25, 0.3) is 0 Å². The molecule has 6 nitrogen and oxygen atoms in total. The molecule has 2 rings (SSSR count). The second kappa shape index (κ2) is 4.79. The second-order valence-corrected chi connectivity index (χ2v) is 4.87. The topological polar surface area (TPSA) is 89.2 Å². The van der Waals surface area contributed by atoms with Crippen LogP contribution >= 0.6 is 0 Å². The highest BCUT2D eigenvalue weighted by atomic mass is 16.5. The smallest absolute Gasteiger partial charge is 0.220 e. The molecule has 1 heterocycles. The Morgan fingerprint density at radius 1 is 1.32 bits per heavy atom. The molecule has 0 saturated heterocycles. The lowest BCUT2D eigenvalue weighted by Gasteiger charge is -2.38. The minimum absolute atomic E-state index is 0.212. The van der Waals surface area contributed by atoms with E-state index in [9.17, 15) is 0 Å². The molecule has 102 valence electrons. The third kappa shape index (κ3) is 2.78. The largest absolute Gasteiger partial charge is 0.497 e. The van der Waals surface area contributed by atoms with Gasteiger partial charge in [0.25, 0.3) is 0 Å². The van der Waals surface area contributed by atoms with Crippen LogP contribution in [0.15, 0.2) is 34.3 Å². The average Bonchev–Trinajstić information content (AvgIpc) is 2.33. The van der Waals surface area contributed by atoms with Crippen molar-refractivity contribution in [2.45, 2.75) is 26.1 Å². The summed E-state index contributed by atoms with van der Waals surface area (Å²) in [5.41, 5.74) is 12.1. The zero-order chi connectivity index (χ0) is 14.0. The van der Waals surface area contributed by atoms with Gasteiger partial charge in [-0.25, -0.2) is 4.99 Å². The third-order valence-corrected chi connectivity index (χ3v) is 3.03. The van der Waals surface area contributed by atoms with E-state index in [1.165, 1.54) is 0 Å². The van der Waals surface area contributed by atoms with E-state index >= 15 is 0 Å². The number of ether oxygens (including phenoxy) is 1. The number of rotatable bonds is 3. The predicted molar refractivity (Wildman–Crippen MR) is 75.9 cm³/mol. The van der Waals surface area contributed by atoms with Gasteiger partial charge in [0.15, 0.2) is 0 Å². The van der Waals surface area contributed by atoms with Crippen LogP contribution in [-0.2, 0) is 6.54 Å². The molecule has 0 amide bonds. The summed E-state index contributed by atoms with van der Waals surface area (Å²) in [4.78, 5) is 10.2. The fourth-order valence-corrected chi connectivity index (χ4v) is 2.05. The number of methoxy groups -OCH3 is 1. The first kappa shape index (κ1) is 13.2. The molecule has 0 unspecified atom stereocenters. The van der Waals surface area contributed by atoms with Crippen LogP contribution < -0.4 is 16.2 Å². The third-order valence-electron chi connectivity index (χ3n) is 3.03. The Labute approximate surface area is 112 Å². The number of guanidine groups is 2. The molecular weight excluding hydrogens is 242 g/mol. The number of nitrogens with two attached hydrogens (primary N) is 2. The molecule has 6 heteroatoms. The van der Waals surface area contributed by atoms with Crippen LogP contribution in [-0.4, -0.2) is 29.6 Å². The zero-order valence-electron chi connectivity index (χ0n) is 11.4. The number of hydrogen-bond donors (Lipinski definition) is 2. The molecule has 0 bridgehead atoms. The number of hydrogen-bond acceptors (Lipinski definition) is 6. The molecule has 0 saturated carbocycles. The lowest BCUT2D eigenvalue weighted by molar-refractivity contribution is 0.210. The van der Waals surface area contributed by atoms with Gasteiger partial charge in [0, 0.05) is 6.54 Å². The van der Waals surface area contributed by atoms with Crippen molar-refractivity contribution in [3.63, 3.8) is 0 Å². The summed E-state index contributed by atoms with van der Waals surface area (Å²) in [6.07, 6.45) is 0. The highest BCUT2D eigenvalue weighted by Gasteiger charge is 2.31. The summed E-state index contributed by atoms with van der Waals surface area (Å²) >= 11 is 0. The molecule has 19 heavy (non-hydrogen) atoms. The molecule has 0 spiro atoms. The van der Waals surface area contributed by atoms with Gasteiger partial charge in [-0.1, -0.05) is 12.1 Å². The summed E-state index contributed by atoms with van der Waals surface area (Å²) < 4.78 is 5.21. The number of aliphatic imine (C=N–C) groups is 2. The second-order valence-electron chi connectivity index (χ2n) is 4.87. The van der Waals surface area contributed by atoms with Crippen molar-refractivity contribution in [2.24, 2.45) is 21.5 Å². The van der Waals surface area contributed by atoms with E-state index in [1.54, 1.807) is 7.11 Å². The molecule has 1 aromatic rings. The fraction of sp³-hybridized carbons (Fsp3) is 0.385. The van der Waals surface area contributed by atoms with Gasteiger partial charge in [-0.2, -0.15) is 4.99 Å². The minimum Gasteiger partial charge on any atom is -0.497 e. The van der Waals surface area contributed by atoms with Crippen molar-refractivity contribution in [2.75, 3.05) is 7.11 Å². The first-order valence-corrected chi connectivity index (χ1v) is 6.02. The molecule has 4 N–H and O–H groups in total. The average molecular weight is 261 g/mol. The molecule has 0 aromatic heterocycles. The van der Waals surface area contributed by atoms with Gasteiger partial charge >= 0.3 is 0 Å². The monoisotopic (exact) mass is 261 g/mol. The number of nitrogens with zero attached hydrogens (tertiary/aromatic N) is 3. The summed E-state index contributed by atoms with van der Waals surface area (Å²) in [7, 11) is 1.64. The molecule has 1 aliphatic rings. The van der Waals surface area contributed by atoms with E-state index in [-0.39, 0.29) is 5.96 Å². The first-order chi connectivity index (χ1) is 8.92. The summed E-state index contributed by atoms with van der Waals surface area (Å²) in [5, 5.41) is 0. The molecule has 0 atom stereocenters. The zero-order valence-corrected chi connectivity index (χ0v) is 11.4. The van der Waals surface area contributed by atoms with E-state index in [4.69, 9.17) is 16.2 Å². The molecule has 0 fully saturated rings. The van der Waals surface area contributed by atoms with Gasteiger partial charge < -0.3 is 21.1 Å². The van der Waals surface area contributed by atoms with Crippen molar-refractivity contribution in [3.05, 3.63) is 29.8 Å². The standard InChI is InChI=1S/C13H19N5O/c1-13(2)17-11(14)16-12(15)18(13)8-9-5-4-6-10(7-9)19-3/h4-7H,8H2,1-3H3,(H4,14,15,16,17). The Balaban J connectivity index is 2.25. The Morgan fingerprint density at radius 3 is 2.68 bits per heavy atom. The predicted octanol–water partition coefficient (Wildman–Crippen LogP) is 0.876. The SMILES string of the molecule is COc1cccc(CN2C(N)=NC(N)=NC2(C)C)c1. The first-order valence-electron chi connectivity index (χ1n) is 6.02. The van der Waals surface area contributed by atoms with E-state index in [1.807, 2.05) is 43.0 Å². The molecule has 1 aliphatic heterocycles. The van der Waals surface area contributed by atoms with Crippen molar-refractivity contribution >= 4 is 11.9 Å². The summed E-state index contributed by atoms with van der Waals surface area (Å²) in [6, 6.07) is 7.81. The maximum atomic E-state index is 5.95. The van der Waals surface area contributed by atoms with Gasteiger partial charge in [-0.05, 0) is 31.5 Å². The van der Waals surface area contributed by atoms with Gasteiger partial charge in [0.1, 0.15) is 11.4 Å². The normalized spacial score (nSPS) is 17.7. The van der Waals surface area contributed by atoms with Crippen LogP contribution in [0.4, 0.5) is 0 Å². The molecule has 0 aliphatic carbocycles. The van der Waals surface area contributed by atoms with Crippen molar-refractivity contribution in [3.8, 4) is 5.75 Å². The van der Waals surface area contributed by atoms with Crippen molar-refractivity contribution < 1.29 is 4.74 Å². The van der Waals surface area contributed by atoms with Crippen molar-refractivity contribution in [1.29, 1.82) is 0 Å². The lowest BCUT2D eigenvalue weighted by Crippen LogP contribution is -2.53. The van der Waals surface area contributed by atoms with E-state index in [0.717, 1.165) is 11.3 Å². The quantitative estimate of drug-likeness (QED) is 0.845. The van der Waals surface area contributed by atoms with Crippen LogP contribution in [0.5, 0.6) is 5.75 Å². The van der Waals surface area contributed by atoms with Crippen LogP contribution in [0, 0.1) is 0 Å². The van der Waals surface area contributed by atoms with E-state index in [2.05, 4.69) is 9.98 Å². The Morgan fingerprint density at radius 2 is 2.05 bits per heavy atom. The Bertz CT molecular complexity index is 536. The highest BCUT2D eigenvalue weighted by Crippen LogP contribution is 2.23. The van der Waals surface area contributed by atoms with Gasteiger partial charge in [0.2, 0.25) is 11.9 Å². The highest BCUT2D eigenvalue weighted by molar-refractivity contribution is 5.95. The van der Waals surface area contributed by atoms with E-state index < -0.39 is 5.66 Å². The van der Waals surface area contributed by atoms with Gasteiger partial charge in [0.05, 0.1) is 7.11 Å².